The molecule has 1 atom stereocenters. The number of carbonyl (C=O) groups excluding carboxylic acids is 2. The highest BCUT2D eigenvalue weighted by molar-refractivity contribution is 6.08. The van der Waals surface area contributed by atoms with Gasteiger partial charge in [0.2, 0.25) is 0 Å². The fourth-order valence-corrected chi connectivity index (χ4v) is 3.01. The molecule has 1 aromatic carbocycles. The third kappa shape index (κ3) is 5.16. The number of amides is 1. The molecule has 3 rings (SSSR count). The zero-order valence-electron chi connectivity index (χ0n) is 16.5. The normalized spacial score (nSPS) is 14.8. The van der Waals surface area contributed by atoms with Crippen molar-refractivity contribution in [3.63, 3.8) is 0 Å². The fourth-order valence-electron chi connectivity index (χ4n) is 3.01. The molecule has 10 heteroatoms. The maximum Gasteiger partial charge on any atom is 0.337 e. The number of hydrogen-bond donors (Lipinski definition) is 3. The van der Waals surface area contributed by atoms with E-state index in [0.717, 1.165) is 0 Å². The van der Waals surface area contributed by atoms with Crippen molar-refractivity contribution in [2.45, 2.75) is 12.6 Å². The number of aliphatic hydroxyl groups is 2. The van der Waals surface area contributed by atoms with Crippen LogP contribution in [-0.2, 0) is 20.9 Å². The van der Waals surface area contributed by atoms with Crippen LogP contribution >= 0.6 is 0 Å². The molecule has 10 nitrogen and oxygen atoms in total. The van der Waals surface area contributed by atoms with Crippen molar-refractivity contribution in [2.24, 2.45) is 0 Å². The highest BCUT2D eigenvalue weighted by Gasteiger charge is 2.34. The van der Waals surface area contributed by atoms with Crippen molar-refractivity contribution in [3.8, 4) is 5.75 Å². The molecule has 3 N–H and O–H groups in total. The number of aromatic nitrogens is 2. The Morgan fingerprint density at radius 1 is 1.33 bits per heavy atom. The molecule has 2 heterocycles. The predicted octanol–water partition coefficient (Wildman–Crippen LogP) is -0.00350. The Morgan fingerprint density at radius 2 is 2.10 bits per heavy atom. The first-order chi connectivity index (χ1) is 14.5. The first kappa shape index (κ1) is 21.3. The summed E-state index contributed by atoms with van der Waals surface area (Å²) in [6, 6.07) is 6.77. The molecule has 0 radical (unpaired) electrons. The Balaban J connectivity index is 1.61. The second kappa shape index (κ2) is 9.90. The summed E-state index contributed by atoms with van der Waals surface area (Å²) in [4.78, 5) is 29.8. The molecule has 160 valence electrons. The van der Waals surface area contributed by atoms with Crippen LogP contribution in [0, 0.1) is 0 Å². The Bertz CT molecular complexity index is 895. The summed E-state index contributed by atoms with van der Waals surface area (Å²) in [5, 5.41) is 22.1. The third-order valence-corrected chi connectivity index (χ3v) is 4.50. The lowest BCUT2D eigenvalue weighted by molar-refractivity contribution is -0.136. The van der Waals surface area contributed by atoms with Gasteiger partial charge in [-0.2, -0.15) is 0 Å². The topological polar surface area (TPSA) is 126 Å². The number of hydrogen-bond acceptors (Lipinski definition) is 8. The monoisotopic (exact) mass is 416 g/mol. The predicted molar refractivity (Wildman–Crippen MR) is 107 cm³/mol. The highest BCUT2D eigenvalue weighted by Crippen LogP contribution is 2.24. The van der Waals surface area contributed by atoms with E-state index in [1.54, 1.807) is 47.6 Å². The van der Waals surface area contributed by atoms with Crippen molar-refractivity contribution >= 4 is 17.6 Å². The van der Waals surface area contributed by atoms with Gasteiger partial charge in [0.05, 0.1) is 38.7 Å². The van der Waals surface area contributed by atoms with E-state index >= 15 is 0 Å². The minimum atomic E-state index is -0.696. The first-order valence-electron chi connectivity index (χ1n) is 9.37. The number of β-amino-alcohol motifs (C(OH)–C–C–N with tert-alkyl or cyclic N) is 1. The molecular formula is C20H24N4O6. The summed E-state index contributed by atoms with van der Waals surface area (Å²) in [5.41, 5.74) is 0.913. The standard InChI is InChI=1S/C20H24N4O6/c1-29-20(28)17-11-24(8-9-25)19(27)18(17)22-14-2-4-16(5-3-14)30-12-15(26)10-23-7-6-21-13-23/h2-7,13,15,22,25-26H,8-12H2,1H3. The van der Waals surface area contributed by atoms with Crippen LogP contribution in [0.1, 0.15) is 0 Å². The molecule has 30 heavy (non-hydrogen) atoms. The lowest BCUT2D eigenvalue weighted by Gasteiger charge is -2.15. The van der Waals surface area contributed by atoms with E-state index in [4.69, 9.17) is 14.6 Å². The number of benzene rings is 1. The van der Waals surface area contributed by atoms with Gasteiger partial charge in [0.25, 0.3) is 5.91 Å². The number of anilines is 1. The Hall–Kier alpha value is -3.37. The molecule has 1 unspecified atom stereocenters. The molecule has 0 aliphatic carbocycles. The SMILES string of the molecule is COC(=O)C1=C(Nc2ccc(OCC(O)Cn3ccnc3)cc2)C(=O)N(CCO)C1. The van der Waals surface area contributed by atoms with Gasteiger partial charge in [0.1, 0.15) is 24.2 Å². The lowest BCUT2D eigenvalue weighted by atomic mass is 10.2. The van der Waals surface area contributed by atoms with Gasteiger partial charge in [-0.15, -0.1) is 0 Å². The minimum Gasteiger partial charge on any atom is -0.491 e. The molecule has 0 spiro atoms. The van der Waals surface area contributed by atoms with Gasteiger partial charge < -0.3 is 34.5 Å². The number of esters is 1. The van der Waals surface area contributed by atoms with Crippen LogP contribution < -0.4 is 10.1 Å². The van der Waals surface area contributed by atoms with E-state index in [1.165, 1.54) is 12.0 Å². The number of nitrogens with zero attached hydrogens (tertiary/aromatic N) is 3. The smallest absolute Gasteiger partial charge is 0.337 e. The number of methoxy groups -OCH3 is 1. The van der Waals surface area contributed by atoms with Crippen molar-refractivity contribution in [1.29, 1.82) is 0 Å². The number of imidazole rings is 1. The van der Waals surface area contributed by atoms with E-state index in [2.05, 4.69) is 10.3 Å². The number of rotatable bonds is 10. The summed E-state index contributed by atoms with van der Waals surface area (Å²) < 4.78 is 12.1. The van der Waals surface area contributed by atoms with Crippen LogP contribution in [0.4, 0.5) is 5.69 Å². The zero-order chi connectivity index (χ0) is 21.5. The number of nitrogens with one attached hydrogen (secondary N) is 1. The Kier molecular flexibility index (Phi) is 7.04. The molecule has 1 aliphatic heterocycles. The fraction of sp³-hybridized carbons (Fsp3) is 0.350. The summed E-state index contributed by atoms with van der Waals surface area (Å²) in [6.45, 7) is 0.475. The van der Waals surface area contributed by atoms with Crippen LogP contribution in [0.2, 0.25) is 0 Å². The number of ether oxygens (including phenoxy) is 2. The van der Waals surface area contributed by atoms with E-state index in [-0.39, 0.29) is 43.5 Å². The number of aliphatic hydroxyl groups excluding tert-OH is 2. The molecule has 1 aromatic heterocycles. The van der Waals surface area contributed by atoms with Gasteiger partial charge in [-0.05, 0) is 24.3 Å². The summed E-state index contributed by atoms with van der Waals surface area (Å²) >= 11 is 0. The molecular weight excluding hydrogens is 392 g/mol. The second-order valence-corrected chi connectivity index (χ2v) is 6.67. The zero-order valence-corrected chi connectivity index (χ0v) is 16.5. The lowest BCUT2D eigenvalue weighted by Crippen LogP contribution is -2.31. The Labute approximate surface area is 173 Å². The quantitative estimate of drug-likeness (QED) is 0.462. The first-order valence-corrected chi connectivity index (χ1v) is 9.37. The average molecular weight is 416 g/mol. The molecule has 2 aromatic rings. The average Bonchev–Trinajstić information content (AvgIpc) is 3.36. The van der Waals surface area contributed by atoms with Gasteiger partial charge in [0.15, 0.2) is 0 Å². The van der Waals surface area contributed by atoms with Crippen LogP contribution in [0.3, 0.4) is 0 Å². The van der Waals surface area contributed by atoms with Crippen molar-refractivity contribution in [3.05, 3.63) is 54.3 Å². The summed E-state index contributed by atoms with van der Waals surface area (Å²) in [6.07, 6.45) is 4.32. The Morgan fingerprint density at radius 3 is 2.73 bits per heavy atom. The molecule has 0 bridgehead atoms. The largest absolute Gasteiger partial charge is 0.491 e. The minimum absolute atomic E-state index is 0.0738. The van der Waals surface area contributed by atoms with Gasteiger partial charge in [0, 0.05) is 24.6 Å². The summed E-state index contributed by atoms with van der Waals surface area (Å²) in [5.74, 6) is -0.433. The molecule has 0 saturated heterocycles. The number of carbonyl (C=O) groups is 2. The van der Waals surface area contributed by atoms with Crippen molar-refractivity contribution in [1.82, 2.24) is 14.5 Å². The van der Waals surface area contributed by atoms with E-state index < -0.39 is 12.1 Å². The highest BCUT2D eigenvalue weighted by atomic mass is 16.5. The van der Waals surface area contributed by atoms with Crippen LogP contribution in [0.25, 0.3) is 0 Å². The van der Waals surface area contributed by atoms with Crippen LogP contribution in [0.5, 0.6) is 5.75 Å². The van der Waals surface area contributed by atoms with E-state index in [9.17, 15) is 14.7 Å². The molecule has 0 fully saturated rings. The van der Waals surface area contributed by atoms with Crippen LogP contribution in [0.15, 0.2) is 54.3 Å². The van der Waals surface area contributed by atoms with Gasteiger partial charge >= 0.3 is 5.97 Å². The van der Waals surface area contributed by atoms with Gasteiger partial charge in [-0.1, -0.05) is 0 Å². The molecule has 1 amide bonds. The van der Waals surface area contributed by atoms with E-state index in [0.29, 0.717) is 18.0 Å². The van der Waals surface area contributed by atoms with Crippen LogP contribution in [-0.4, -0.2) is 76.1 Å². The molecule has 0 saturated carbocycles. The maximum absolute atomic E-state index is 12.5. The maximum atomic E-state index is 12.5. The van der Waals surface area contributed by atoms with Crippen molar-refractivity contribution < 1.29 is 29.3 Å². The van der Waals surface area contributed by atoms with Gasteiger partial charge in [-0.25, -0.2) is 9.78 Å². The second-order valence-electron chi connectivity index (χ2n) is 6.67. The third-order valence-electron chi connectivity index (χ3n) is 4.50. The summed E-state index contributed by atoms with van der Waals surface area (Å²) in [7, 11) is 1.25. The van der Waals surface area contributed by atoms with E-state index in [1.807, 2.05) is 0 Å². The van der Waals surface area contributed by atoms with Gasteiger partial charge in [-0.3, -0.25) is 4.79 Å². The van der Waals surface area contributed by atoms with Crippen molar-refractivity contribution in [2.75, 3.05) is 38.7 Å². The molecule has 1 aliphatic rings.